The van der Waals surface area contributed by atoms with Crippen molar-refractivity contribution in [1.29, 1.82) is 0 Å². The van der Waals surface area contributed by atoms with Gasteiger partial charge in [0.1, 0.15) is 16.5 Å². The number of benzene rings is 2. The summed E-state index contributed by atoms with van der Waals surface area (Å²) < 4.78 is 70.2. The molecular weight excluding hydrogens is 429 g/mol. The van der Waals surface area contributed by atoms with Crippen LogP contribution < -0.4 is 10.0 Å². The quantitative estimate of drug-likeness (QED) is 0.596. The molecule has 0 unspecified atom stereocenters. The first-order valence-corrected chi connectivity index (χ1v) is 10.8. The van der Waals surface area contributed by atoms with Gasteiger partial charge in [0.25, 0.3) is 10.0 Å². The van der Waals surface area contributed by atoms with Gasteiger partial charge in [-0.05, 0) is 35.9 Å². The Morgan fingerprint density at radius 1 is 1.00 bits per heavy atom. The molecule has 160 valence electrons. The molecule has 0 bridgehead atoms. The zero-order valence-electron chi connectivity index (χ0n) is 16.2. The summed E-state index contributed by atoms with van der Waals surface area (Å²) in [5.41, 5.74) is 0.457. The highest BCUT2D eigenvalue weighted by atomic mass is 32.2. The third-order valence-corrected chi connectivity index (χ3v) is 6.28. The largest absolute Gasteiger partial charge is 0.324 e. The summed E-state index contributed by atoms with van der Waals surface area (Å²) in [6.07, 6.45) is 0. The van der Waals surface area contributed by atoms with Gasteiger partial charge >= 0.3 is 0 Å². The topological polar surface area (TPSA) is 83.4 Å². The Labute approximate surface area is 176 Å². The van der Waals surface area contributed by atoms with E-state index in [2.05, 4.69) is 20.0 Å². The molecule has 0 saturated carbocycles. The molecule has 0 spiro atoms. The van der Waals surface area contributed by atoms with Crippen molar-refractivity contribution in [2.24, 2.45) is 4.99 Å². The lowest BCUT2D eigenvalue weighted by Crippen LogP contribution is -2.41. The number of nitrogens with one attached hydrogen (secondary N) is 2. The number of pyridine rings is 1. The van der Waals surface area contributed by atoms with E-state index < -0.39 is 33.5 Å². The monoisotopic (exact) mass is 446 g/mol. The minimum Gasteiger partial charge on any atom is -0.324 e. The number of aliphatic imine (C=N–C) groups is 1. The maximum absolute atomic E-state index is 14.9. The Morgan fingerprint density at radius 2 is 1.77 bits per heavy atom. The number of anilines is 1. The maximum Gasteiger partial charge on any atom is 0.266 e. The number of halogens is 3. The zero-order chi connectivity index (χ0) is 22.2. The van der Waals surface area contributed by atoms with Crippen molar-refractivity contribution in [1.82, 2.24) is 9.71 Å². The van der Waals surface area contributed by atoms with E-state index in [1.54, 1.807) is 13.0 Å². The first-order valence-electron chi connectivity index (χ1n) is 9.29. The summed E-state index contributed by atoms with van der Waals surface area (Å²) in [7, 11) is -4.07. The van der Waals surface area contributed by atoms with Crippen molar-refractivity contribution in [3.8, 4) is 0 Å². The van der Waals surface area contributed by atoms with Crippen molar-refractivity contribution >= 4 is 21.7 Å². The molecule has 2 N–H and O–H groups in total. The van der Waals surface area contributed by atoms with Crippen LogP contribution in [0.5, 0.6) is 0 Å². The van der Waals surface area contributed by atoms with Gasteiger partial charge in [0.15, 0.2) is 0 Å². The maximum atomic E-state index is 14.9. The Kier molecular flexibility index (Phi) is 5.40. The number of guanidine groups is 1. The van der Waals surface area contributed by atoms with Crippen LogP contribution in [-0.4, -0.2) is 19.4 Å². The molecule has 0 aliphatic carbocycles. The van der Waals surface area contributed by atoms with E-state index in [0.29, 0.717) is 0 Å². The van der Waals surface area contributed by atoms with Crippen molar-refractivity contribution in [2.45, 2.75) is 24.3 Å². The molecule has 2 aromatic carbocycles. The van der Waals surface area contributed by atoms with Gasteiger partial charge in [-0.15, -0.1) is 0 Å². The zero-order valence-corrected chi connectivity index (χ0v) is 17.1. The molecule has 1 aliphatic heterocycles. The average Bonchev–Trinajstić information content (AvgIpc) is 2.71. The van der Waals surface area contributed by atoms with Crippen LogP contribution in [0.4, 0.5) is 18.9 Å². The molecule has 0 fully saturated rings. The highest BCUT2D eigenvalue weighted by molar-refractivity contribution is 7.90. The number of nitrogens with zero attached hydrogens (tertiary/aromatic N) is 2. The van der Waals surface area contributed by atoms with Crippen molar-refractivity contribution in [3.05, 3.63) is 89.0 Å². The molecule has 10 heteroatoms. The van der Waals surface area contributed by atoms with Gasteiger partial charge in [-0.2, -0.15) is 4.39 Å². The third-order valence-electron chi connectivity index (χ3n) is 4.89. The van der Waals surface area contributed by atoms with E-state index >= 15 is 0 Å². The molecule has 1 aliphatic rings. The molecule has 0 amide bonds. The van der Waals surface area contributed by atoms with Gasteiger partial charge < -0.3 is 5.32 Å². The van der Waals surface area contributed by atoms with Gasteiger partial charge in [0.05, 0.1) is 17.9 Å². The predicted molar refractivity (Wildman–Crippen MR) is 110 cm³/mol. The fourth-order valence-corrected chi connectivity index (χ4v) is 4.59. The van der Waals surface area contributed by atoms with Gasteiger partial charge in [-0.1, -0.05) is 31.2 Å². The fourth-order valence-electron chi connectivity index (χ4n) is 3.43. The molecule has 6 nitrogen and oxygen atoms in total. The van der Waals surface area contributed by atoms with E-state index in [4.69, 9.17) is 0 Å². The summed E-state index contributed by atoms with van der Waals surface area (Å²) in [6, 6.07) is 12.2. The van der Waals surface area contributed by atoms with Crippen molar-refractivity contribution in [3.63, 3.8) is 0 Å². The van der Waals surface area contributed by atoms with E-state index in [9.17, 15) is 21.6 Å². The number of fused-ring (bicyclic) bond motifs is 1. The van der Waals surface area contributed by atoms with E-state index in [-0.39, 0.29) is 39.9 Å². The van der Waals surface area contributed by atoms with Crippen LogP contribution in [0, 0.1) is 17.6 Å². The molecule has 0 saturated heterocycles. The Balaban J connectivity index is 1.77. The highest BCUT2D eigenvalue weighted by Gasteiger charge is 2.32. The molecule has 0 radical (unpaired) electrons. The molecule has 2 heterocycles. The fraction of sp³-hybridized carbons (Fsp3) is 0.143. The first kappa shape index (κ1) is 20.9. The normalized spacial score (nSPS) is 16.8. The minimum absolute atomic E-state index is 0.00995. The molecule has 3 aromatic rings. The van der Waals surface area contributed by atoms with Crippen LogP contribution in [0.1, 0.15) is 29.7 Å². The summed E-state index contributed by atoms with van der Waals surface area (Å²) in [5.74, 6) is -2.88. The summed E-state index contributed by atoms with van der Waals surface area (Å²) in [5, 5.41) is 2.79. The van der Waals surface area contributed by atoms with Gasteiger partial charge in [-0.25, -0.2) is 31.9 Å². The van der Waals surface area contributed by atoms with Gasteiger partial charge in [-0.3, -0.25) is 0 Å². The number of aromatic nitrogens is 1. The second-order valence-electron chi connectivity index (χ2n) is 6.92. The second kappa shape index (κ2) is 8.03. The lowest BCUT2D eigenvalue weighted by atomic mass is 9.91. The molecule has 1 atom stereocenters. The highest BCUT2D eigenvalue weighted by Crippen LogP contribution is 2.38. The lowest BCUT2D eigenvalue weighted by Gasteiger charge is -2.26. The van der Waals surface area contributed by atoms with Crippen LogP contribution in [0.2, 0.25) is 0 Å². The molecule has 31 heavy (non-hydrogen) atoms. The van der Waals surface area contributed by atoms with Gasteiger partial charge in [0, 0.05) is 11.5 Å². The first-order chi connectivity index (χ1) is 14.8. The van der Waals surface area contributed by atoms with E-state index in [1.165, 1.54) is 36.4 Å². The van der Waals surface area contributed by atoms with Crippen molar-refractivity contribution < 1.29 is 21.6 Å². The Morgan fingerprint density at radius 3 is 2.52 bits per heavy atom. The molecule has 1 aromatic heterocycles. The van der Waals surface area contributed by atoms with Crippen LogP contribution in [0.15, 0.2) is 64.5 Å². The number of sulfonamides is 1. The number of rotatable bonds is 4. The van der Waals surface area contributed by atoms with Crippen LogP contribution >= 0.6 is 0 Å². The van der Waals surface area contributed by atoms with E-state index in [1.807, 2.05) is 0 Å². The standard InChI is InChI=1S/C21H17F3N4O2S/c1-12(14-6-2-3-7-15(14)22)19-16(23)9-10-17-20(19)27-21(28-31(17,29)30)25-11-13-5-4-8-18(24)26-13/h2-10,12H,11H2,1H3,(H2,25,27,28)/t12-/m0/s1. The van der Waals surface area contributed by atoms with Crippen LogP contribution in [0.3, 0.4) is 0 Å². The summed E-state index contributed by atoms with van der Waals surface area (Å²) in [4.78, 5) is 7.58. The van der Waals surface area contributed by atoms with Crippen molar-refractivity contribution in [2.75, 3.05) is 5.32 Å². The third kappa shape index (κ3) is 4.11. The van der Waals surface area contributed by atoms with Crippen LogP contribution in [0.25, 0.3) is 0 Å². The number of hydrogen-bond donors (Lipinski definition) is 2. The lowest BCUT2D eigenvalue weighted by molar-refractivity contribution is 0.575. The summed E-state index contributed by atoms with van der Waals surface area (Å²) in [6.45, 7) is 1.46. The molecule has 4 rings (SSSR count). The smallest absolute Gasteiger partial charge is 0.266 e. The average molecular weight is 446 g/mol. The Bertz CT molecular complexity index is 1300. The predicted octanol–water partition coefficient (Wildman–Crippen LogP) is 3.91. The SMILES string of the molecule is C[C@@H](c1ccccc1F)c1c(F)ccc2c1NC(=NCc1cccc(F)n1)NS2(=O)=O. The van der Waals surface area contributed by atoms with E-state index in [0.717, 1.165) is 12.1 Å². The molecular formula is C21H17F3N4O2S. The minimum atomic E-state index is -4.07. The number of hydrogen-bond acceptors (Lipinski definition) is 4. The Hall–Kier alpha value is -3.40. The second-order valence-corrected chi connectivity index (χ2v) is 8.58. The van der Waals surface area contributed by atoms with Gasteiger partial charge in [0.2, 0.25) is 11.9 Å². The van der Waals surface area contributed by atoms with Crippen LogP contribution in [-0.2, 0) is 16.6 Å². The summed E-state index contributed by atoms with van der Waals surface area (Å²) >= 11 is 0.